The number of aryl methyl sites for hydroxylation is 1. The summed E-state index contributed by atoms with van der Waals surface area (Å²) in [5.41, 5.74) is 3.36. The lowest BCUT2D eigenvalue weighted by atomic mass is 10.0. The van der Waals surface area contributed by atoms with Crippen molar-refractivity contribution in [3.63, 3.8) is 0 Å². The average molecular weight is 316 g/mol. The van der Waals surface area contributed by atoms with E-state index in [9.17, 15) is 15.3 Å². The van der Waals surface area contributed by atoms with E-state index >= 15 is 0 Å². The van der Waals surface area contributed by atoms with Crippen LogP contribution in [-0.2, 0) is 4.74 Å². The van der Waals surface area contributed by atoms with Crippen LogP contribution in [0, 0.1) is 6.92 Å². The first-order valence-corrected chi connectivity index (χ1v) is 7.54. The smallest absolute Gasteiger partial charge is 0.228 e. The largest absolute Gasteiger partial charge is 0.462 e. The first kappa shape index (κ1) is 16.0. The molecule has 0 spiro atoms. The number of aliphatic hydroxyl groups excluding tert-OH is 3. The minimum absolute atomic E-state index is 0.0791. The van der Waals surface area contributed by atoms with E-state index in [1.807, 2.05) is 37.3 Å². The minimum atomic E-state index is -1.30. The van der Waals surface area contributed by atoms with Gasteiger partial charge in [0.15, 0.2) is 0 Å². The van der Waals surface area contributed by atoms with Crippen LogP contribution in [0.5, 0.6) is 5.75 Å². The first-order chi connectivity index (χ1) is 11.0. The molecule has 0 saturated carbocycles. The van der Waals surface area contributed by atoms with E-state index in [1.165, 1.54) is 5.56 Å². The zero-order valence-corrected chi connectivity index (χ0v) is 12.8. The average Bonchev–Trinajstić information content (AvgIpc) is 2.56. The maximum absolute atomic E-state index is 9.87. The zero-order chi connectivity index (χ0) is 16.4. The number of benzene rings is 2. The Labute approximate surface area is 134 Å². The van der Waals surface area contributed by atoms with E-state index in [1.54, 1.807) is 12.1 Å². The molecule has 0 aliphatic carbocycles. The van der Waals surface area contributed by atoms with Gasteiger partial charge < -0.3 is 24.8 Å². The Kier molecular flexibility index (Phi) is 4.63. The van der Waals surface area contributed by atoms with Crippen LogP contribution in [0.2, 0.25) is 0 Å². The van der Waals surface area contributed by atoms with Gasteiger partial charge in [-0.05, 0) is 30.2 Å². The van der Waals surface area contributed by atoms with Gasteiger partial charge in [-0.15, -0.1) is 0 Å². The summed E-state index contributed by atoms with van der Waals surface area (Å²) in [7, 11) is 0. The monoisotopic (exact) mass is 316 g/mol. The minimum Gasteiger partial charge on any atom is -0.462 e. The maximum Gasteiger partial charge on any atom is 0.228 e. The van der Waals surface area contributed by atoms with Crippen LogP contribution in [0.15, 0.2) is 48.5 Å². The van der Waals surface area contributed by atoms with Gasteiger partial charge in [-0.2, -0.15) is 0 Å². The third kappa shape index (κ3) is 3.54. The first-order valence-electron chi connectivity index (χ1n) is 7.54. The van der Waals surface area contributed by atoms with Gasteiger partial charge in [-0.1, -0.05) is 42.0 Å². The SMILES string of the molecule is Cc1cccc(-c2ccc(OC3OCC(O)C(O)C3O)cc2)c1. The fourth-order valence-electron chi connectivity index (χ4n) is 2.57. The van der Waals surface area contributed by atoms with Crippen molar-refractivity contribution in [2.75, 3.05) is 6.61 Å². The molecule has 3 rings (SSSR count). The topological polar surface area (TPSA) is 79.2 Å². The fraction of sp³-hybridized carbons (Fsp3) is 0.333. The Hall–Kier alpha value is -1.92. The van der Waals surface area contributed by atoms with Gasteiger partial charge >= 0.3 is 0 Å². The molecule has 5 nitrogen and oxygen atoms in total. The summed E-state index contributed by atoms with van der Waals surface area (Å²) in [4.78, 5) is 0. The molecule has 2 aromatic carbocycles. The van der Waals surface area contributed by atoms with Gasteiger partial charge in [0.05, 0.1) is 6.61 Å². The van der Waals surface area contributed by atoms with Crippen molar-refractivity contribution in [2.24, 2.45) is 0 Å². The number of ether oxygens (including phenoxy) is 2. The Morgan fingerprint density at radius 3 is 2.39 bits per heavy atom. The summed E-state index contributed by atoms with van der Waals surface area (Å²) in [6.45, 7) is 1.97. The highest BCUT2D eigenvalue weighted by molar-refractivity contribution is 5.64. The number of hydrogen-bond acceptors (Lipinski definition) is 5. The zero-order valence-electron chi connectivity index (χ0n) is 12.8. The molecule has 1 aliphatic rings. The fourth-order valence-corrected chi connectivity index (χ4v) is 2.57. The maximum atomic E-state index is 9.87. The van der Waals surface area contributed by atoms with Crippen LogP contribution in [-0.4, -0.2) is 46.5 Å². The molecule has 5 heteroatoms. The van der Waals surface area contributed by atoms with Crippen LogP contribution in [0.1, 0.15) is 5.56 Å². The Balaban J connectivity index is 1.70. The standard InChI is InChI=1S/C18H20O5/c1-11-3-2-4-13(9-11)12-5-7-14(8-6-12)23-18-17(21)16(20)15(19)10-22-18/h2-9,15-21H,10H2,1H3. The molecule has 122 valence electrons. The summed E-state index contributed by atoms with van der Waals surface area (Å²) in [6, 6.07) is 15.6. The molecule has 0 radical (unpaired) electrons. The Bertz CT molecular complexity index is 655. The third-order valence-corrected chi connectivity index (χ3v) is 3.91. The molecule has 1 aliphatic heterocycles. The van der Waals surface area contributed by atoms with Gasteiger partial charge in [0, 0.05) is 0 Å². The molecular formula is C18H20O5. The summed E-state index contributed by atoms with van der Waals surface area (Å²) in [5, 5.41) is 29.0. The second-order valence-electron chi connectivity index (χ2n) is 5.76. The predicted molar refractivity (Wildman–Crippen MR) is 85.0 cm³/mol. The normalized spacial score (nSPS) is 27.7. The molecule has 2 aromatic rings. The van der Waals surface area contributed by atoms with Crippen molar-refractivity contribution < 1.29 is 24.8 Å². The quantitative estimate of drug-likeness (QED) is 0.799. The van der Waals surface area contributed by atoms with Crippen LogP contribution in [0.25, 0.3) is 11.1 Å². The molecule has 4 unspecified atom stereocenters. The second-order valence-corrected chi connectivity index (χ2v) is 5.76. The summed E-state index contributed by atoms with van der Waals surface area (Å²) in [6.07, 6.45) is -4.68. The van der Waals surface area contributed by atoms with Gasteiger partial charge in [0.1, 0.15) is 24.1 Å². The highest BCUT2D eigenvalue weighted by Gasteiger charge is 2.38. The predicted octanol–water partition coefficient (Wildman–Crippen LogP) is 1.48. The van der Waals surface area contributed by atoms with Crippen LogP contribution in [0.3, 0.4) is 0 Å². The van der Waals surface area contributed by atoms with Crippen LogP contribution in [0.4, 0.5) is 0 Å². The lowest BCUT2D eigenvalue weighted by Crippen LogP contribution is -2.54. The highest BCUT2D eigenvalue weighted by atomic mass is 16.7. The van der Waals surface area contributed by atoms with Crippen molar-refractivity contribution in [2.45, 2.75) is 31.5 Å². The van der Waals surface area contributed by atoms with Crippen LogP contribution >= 0.6 is 0 Å². The number of rotatable bonds is 3. The second kappa shape index (κ2) is 6.68. The van der Waals surface area contributed by atoms with Crippen molar-refractivity contribution in [1.82, 2.24) is 0 Å². The van der Waals surface area contributed by atoms with E-state index in [-0.39, 0.29) is 6.61 Å². The summed E-state index contributed by atoms with van der Waals surface area (Å²) >= 11 is 0. The molecule has 1 saturated heterocycles. The highest BCUT2D eigenvalue weighted by Crippen LogP contribution is 2.25. The number of aliphatic hydroxyl groups is 3. The van der Waals surface area contributed by atoms with E-state index in [0.717, 1.165) is 11.1 Å². The molecule has 0 aromatic heterocycles. The van der Waals surface area contributed by atoms with Gasteiger partial charge in [0.2, 0.25) is 6.29 Å². The molecule has 1 heterocycles. The molecule has 3 N–H and O–H groups in total. The van der Waals surface area contributed by atoms with E-state index < -0.39 is 24.6 Å². The van der Waals surface area contributed by atoms with Gasteiger partial charge in [-0.25, -0.2) is 0 Å². The van der Waals surface area contributed by atoms with E-state index in [0.29, 0.717) is 5.75 Å². The molecule has 0 bridgehead atoms. The van der Waals surface area contributed by atoms with Gasteiger partial charge in [-0.3, -0.25) is 0 Å². The van der Waals surface area contributed by atoms with Crippen molar-refractivity contribution >= 4 is 0 Å². The van der Waals surface area contributed by atoms with Crippen molar-refractivity contribution in [3.8, 4) is 16.9 Å². The van der Waals surface area contributed by atoms with E-state index in [4.69, 9.17) is 9.47 Å². The number of hydrogen-bond donors (Lipinski definition) is 3. The third-order valence-electron chi connectivity index (χ3n) is 3.91. The Morgan fingerprint density at radius 2 is 1.70 bits per heavy atom. The van der Waals surface area contributed by atoms with E-state index in [2.05, 4.69) is 6.07 Å². The molecule has 1 fully saturated rings. The van der Waals surface area contributed by atoms with Crippen LogP contribution < -0.4 is 4.74 Å². The lowest BCUT2D eigenvalue weighted by molar-refractivity contribution is -0.242. The summed E-state index contributed by atoms with van der Waals surface area (Å²) < 4.78 is 10.8. The van der Waals surface area contributed by atoms with Crippen molar-refractivity contribution in [3.05, 3.63) is 54.1 Å². The summed E-state index contributed by atoms with van der Waals surface area (Å²) in [5.74, 6) is 0.522. The molecular weight excluding hydrogens is 296 g/mol. The molecule has 4 atom stereocenters. The van der Waals surface area contributed by atoms with Gasteiger partial charge in [0.25, 0.3) is 0 Å². The molecule has 0 amide bonds. The van der Waals surface area contributed by atoms with Crippen molar-refractivity contribution in [1.29, 1.82) is 0 Å². The molecule has 23 heavy (non-hydrogen) atoms. The lowest BCUT2D eigenvalue weighted by Gasteiger charge is -2.34. The Morgan fingerprint density at radius 1 is 0.957 bits per heavy atom.